The van der Waals surface area contributed by atoms with Gasteiger partial charge in [-0.25, -0.2) is 0 Å². The molecule has 3 atom stereocenters. The summed E-state index contributed by atoms with van der Waals surface area (Å²) >= 11 is 0. The molecule has 3 heteroatoms. The Labute approximate surface area is 106 Å². The minimum atomic E-state index is -0.339. The van der Waals surface area contributed by atoms with Crippen molar-refractivity contribution in [3.63, 3.8) is 0 Å². The van der Waals surface area contributed by atoms with Crippen LogP contribution in [0.25, 0.3) is 10.9 Å². The molecule has 94 valence electrons. The molecule has 3 nitrogen and oxygen atoms in total. The van der Waals surface area contributed by atoms with Gasteiger partial charge in [0.05, 0.1) is 23.8 Å². The van der Waals surface area contributed by atoms with Crippen molar-refractivity contribution in [3.05, 3.63) is 42.1 Å². The monoisotopic (exact) mass is 243 g/mol. The van der Waals surface area contributed by atoms with Gasteiger partial charge in [-0.2, -0.15) is 0 Å². The molecule has 0 aliphatic carbocycles. The number of para-hydroxylation sites is 1. The Morgan fingerprint density at radius 2 is 2.06 bits per heavy atom. The van der Waals surface area contributed by atoms with Crippen LogP contribution in [0.5, 0.6) is 0 Å². The summed E-state index contributed by atoms with van der Waals surface area (Å²) in [4.78, 5) is 4.37. The third kappa shape index (κ3) is 2.00. The standard InChI is InChI=1S/C15H17NO2/c1-10-14(17)6-7-15(18-10)12-8-9-16-13-5-3-2-4-11(12)13/h2-5,8-10,14-15,17H,6-7H2,1H3. The molecular weight excluding hydrogens is 226 g/mol. The van der Waals surface area contributed by atoms with Gasteiger partial charge in [-0.1, -0.05) is 18.2 Å². The average Bonchev–Trinajstić information content (AvgIpc) is 2.41. The van der Waals surface area contributed by atoms with E-state index in [1.165, 1.54) is 5.56 Å². The molecule has 18 heavy (non-hydrogen) atoms. The number of benzene rings is 1. The second kappa shape index (κ2) is 4.67. The number of fused-ring (bicyclic) bond motifs is 1. The van der Waals surface area contributed by atoms with Crippen LogP contribution in [-0.4, -0.2) is 22.3 Å². The van der Waals surface area contributed by atoms with Crippen LogP contribution >= 0.6 is 0 Å². The highest BCUT2D eigenvalue weighted by molar-refractivity contribution is 5.82. The number of aliphatic hydroxyl groups is 1. The summed E-state index contributed by atoms with van der Waals surface area (Å²) in [5, 5.41) is 10.9. The summed E-state index contributed by atoms with van der Waals surface area (Å²) in [5.74, 6) is 0. The zero-order valence-electron chi connectivity index (χ0n) is 10.4. The minimum Gasteiger partial charge on any atom is -0.390 e. The van der Waals surface area contributed by atoms with Crippen molar-refractivity contribution in [1.82, 2.24) is 4.98 Å². The van der Waals surface area contributed by atoms with E-state index < -0.39 is 0 Å². The summed E-state index contributed by atoms with van der Waals surface area (Å²) in [6, 6.07) is 10.1. The quantitative estimate of drug-likeness (QED) is 0.837. The zero-order chi connectivity index (χ0) is 12.5. The molecule has 2 aromatic rings. The first-order valence-corrected chi connectivity index (χ1v) is 6.43. The largest absolute Gasteiger partial charge is 0.390 e. The number of pyridine rings is 1. The molecule has 1 N–H and O–H groups in total. The molecule has 1 aliphatic rings. The molecular formula is C15H17NO2. The fourth-order valence-corrected chi connectivity index (χ4v) is 2.60. The average molecular weight is 243 g/mol. The van der Waals surface area contributed by atoms with E-state index >= 15 is 0 Å². The molecule has 0 spiro atoms. The Balaban J connectivity index is 1.99. The lowest BCUT2D eigenvalue weighted by Gasteiger charge is -2.32. The Morgan fingerprint density at radius 3 is 2.89 bits per heavy atom. The highest BCUT2D eigenvalue weighted by Crippen LogP contribution is 2.34. The number of ether oxygens (including phenoxy) is 1. The van der Waals surface area contributed by atoms with E-state index in [2.05, 4.69) is 11.1 Å². The number of hydrogen-bond donors (Lipinski definition) is 1. The number of hydrogen-bond acceptors (Lipinski definition) is 3. The highest BCUT2D eigenvalue weighted by atomic mass is 16.5. The lowest BCUT2D eigenvalue weighted by Crippen LogP contribution is -2.33. The first kappa shape index (κ1) is 11.6. The molecule has 0 amide bonds. The maximum absolute atomic E-state index is 9.72. The van der Waals surface area contributed by atoms with Gasteiger partial charge in [0.25, 0.3) is 0 Å². The van der Waals surface area contributed by atoms with Crippen molar-refractivity contribution in [3.8, 4) is 0 Å². The van der Waals surface area contributed by atoms with Crippen molar-refractivity contribution < 1.29 is 9.84 Å². The van der Waals surface area contributed by atoms with Crippen LogP contribution in [-0.2, 0) is 4.74 Å². The normalized spacial score (nSPS) is 28.4. The summed E-state index contributed by atoms with van der Waals surface area (Å²) < 4.78 is 5.91. The Kier molecular flexibility index (Phi) is 3.02. The van der Waals surface area contributed by atoms with Crippen LogP contribution in [0.3, 0.4) is 0 Å². The predicted molar refractivity (Wildman–Crippen MR) is 70.3 cm³/mol. The van der Waals surface area contributed by atoms with Gasteiger partial charge in [0.15, 0.2) is 0 Å². The molecule has 0 bridgehead atoms. The first-order chi connectivity index (χ1) is 8.75. The number of nitrogens with zero attached hydrogens (tertiary/aromatic N) is 1. The Morgan fingerprint density at radius 1 is 1.22 bits per heavy atom. The van der Waals surface area contributed by atoms with Crippen LogP contribution in [0.15, 0.2) is 36.5 Å². The fraction of sp³-hybridized carbons (Fsp3) is 0.400. The molecule has 1 aromatic heterocycles. The molecule has 3 unspecified atom stereocenters. The van der Waals surface area contributed by atoms with Gasteiger partial charge in [-0.05, 0) is 37.5 Å². The summed E-state index contributed by atoms with van der Waals surface area (Å²) in [6.07, 6.45) is 3.11. The minimum absolute atomic E-state index is 0.0660. The van der Waals surface area contributed by atoms with Gasteiger partial charge in [0, 0.05) is 11.6 Å². The van der Waals surface area contributed by atoms with Gasteiger partial charge >= 0.3 is 0 Å². The van der Waals surface area contributed by atoms with Crippen LogP contribution in [0.2, 0.25) is 0 Å². The Bertz CT molecular complexity index is 550. The molecule has 1 aliphatic heterocycles. The second-order valence-corrected chi connectivity index (χ2v) is 4.89. The Hall–Kier alpha value is -1.45. The number of aliphatic hydroxyl groups excluding tert-OH is 1. The number of aromatic nitrogens is 1. The fourth-order valence-electron chi connectivity index (χ4n) is 2.60. The lowest BCUT2D eigenvalue weighted by molar-refractivity contribution is -0.109. The molecule has 1 fully saturated rings. The summed E-state index contributed by atoms with van der Waals surface area (Å²) in [7, 11) is 0. The van der Waals surface area contributed by atoms with Gasteiger partial charge in [-0.3, -0.25) is 4.98 Å². The van der Waals surface area contributed by atoms with Gasteiger partial charge < -0.3 is 9.84 Å². The molecule has 1 saturated heterocycles. The third-order valence-electron chi connectivity index (χ3n) is 3.68. The number of rotatable bonds is 1. The van der Waals surface area contributed by atoms with E-state index in [0.717, 1.165) is 23.7 Å². The highest BCUT2D eigenvalue weighted by Gasteiger charge is 2.28. The van der Waals surface area contributed by atoms with Crippen molar-refractivity contribution in [2.75, 3.05) is 0 Å². The SMILES string of the molecule is CC1OC(c2ccnc3ccccc23)CCC1O. The van der Waals surface area contributed by atoms with Crippen LogP contribution in [0.1, 0.15) is 31.4 Å². The molecule has 3 rings (SSSR count). The van der Waals surface area contributed by atoms with E-state index in [0.29, 0.717) is 0 Å². The second-order valence-electron chi connectivity index (χ2n) is 4.89. The zero-order valence-corrected chi connectivity index (χ0v) is 10.4. The van der Waals surface area contributed by atoms with E-state index in [9.17, 15) is 5.11 Å². The van der Waals surface area contributed by atoms with Crippen LogP contribution in [0.4, 0.5) is 0 Å². The van der Waals surface area contributed by atoms with E-state index in [1.807, 2.05) is 37.4 Å². The summed E-state index contributed by atoms with van der Waals surface area (Å²) in [5.41, 5.74) is 2.18. The lowest BCUT2D eigenvalue weighted by atomic mass is 9.95. The molecule has 0 radical (unpaired) electrons. The van der Waals surface area contributed by atoms with Gasteiger partial charge in [0.2, 0.25) is 0 Å². The topological polar surface area (TPSA) is 42.4 Å². The van der Waals surface area contributed by atoms with E-state index in [4.69, 9.17) is 4.74 Å². The van der Waals surface area contributed by atoms with Crippen molar-refractivity contribution in [1.29, 1.82) is 0 Å². The van der Waals surface area contributed by atoms with Crippen molar-refractivity contribution in [2.24, 2.45) is 0 Å². The van der Waals surface area contributed by atoms with Crippen molar-refractivity contribution in [2.45, 2.75) is 38.1 Å². The van der Waals surface area contributed by atoms with Crippen LogP contribution in [0, 0.1) is 0 Å². The molecule has 0 saturated carbocycles. The van der Waals surface area contributed by atoms with Gasteiger partial charge in [0.1, 0.15) is 0 Å². The molecule has 2 heterocycles. The predicted octanol–water partition coefficient (Wildman–Crippen LogP) is 2.84. The van der Waals surface area contributed by atoms with E-state index in [1.54, 1.807) is 0 Å². The molecule has 1 aromatic carbocycles. The van der Waals surface area contributed by atoms with Gasteiger partial charge in [-0.15, -0.1) is 0 Å². The van der Waals surface area contributed by atoms with E-state index in [-0.39, 0.29) is 18.3 Å². The maximum atomic E-state index is 9.72. The maximum Gasteiger partial charge on any atom is 0.0838 e. The smallest absolute Gasteiger partial charge is 0.0838 e. The third-order valence-corrected chi connectivity index (χ3v) is 3.68. The summed E-state index contributed by atoms with van der Waals surface area (Å²) in [6.45, 7) is 1.93. The first-order valence-electron chi connectivity index (χ1n) is 6.43. The van der Waals surface area contributed by atoms with Crippen LogP contribution < -0.4 is 0 Å². The van der Waals surface area contributed by atoms with Crippen molar-refractivity contribution >= 4 is 10.9 Å².